The molecule has 0 unspecified atom stereocenters. The number of H-pyrrole nitrogens is 1. The molecule has 2 N–H and O–H groups in total. The van der Waals surface area contributed by atoms with Gasteiger partial charge in [-0.3, -0.25) is 9.59 Å². The molecule has 3 rings (SSSR count). The van der Waals surface area contributed by atoms with Crippen molar-refractivity contribution in [2.24, 2.45) is 0 Å². The zero-order valence-electron chi connectivity index (χ0n) is 11.6. The van der Waals surface area contributed by atoms with Crippen molar-refractivity contribution in [2.75, 3.05) is 11.5 Å². The van der Waals surface area contributed by atoms with Gasteiger partial charge in [-0.25, -0.2) is 5.10 Å². The number of benzene rings is 1. The van der Waals surface area contributed by atoms with Gasteiger partial charge in [0.1, 0.15) is 0 Å². The first-order valence-corrected chi connectivity index (χ1v) is 8.23. The summed E-state index contributed by atoms with van der Waals surface area (Å²) in [6.45, 7) is 0. The van der Waals surface area contributed by atoms with Crippen LogP contribution in [0.1, 0.15) is 18.5 Å². The molecule has 0 bridgehead atoms. The van der Waals surface area contributed by atoms with Gasteiger partial charge in [-0.2, -0.15) is 16.9 Å². The fraction of sp³-hybridized carbons (Fsp3) is 0.400. The maximum Gasteiger partial charge on any atom is 0.272 e. The van der Waals surface area contributed by atoms with Crippen LogP contribution in [0.4, 0.5) is 0 Å². The first-order valence-electron chi connectivity index (χ1n) is 7.07. The Kier molecular flexibility index (Phi) is 4.24. The van der Waals surface area contributed by atoms with Gasteiger partial charge in [-0.1, -0.05) is 18.2 Å². The Hall–Kier alpha value is -1.82. The average molecular weight is 303 g/mol. The molecule has 1 saturated heterocycles. The third-order valence-electron chi connectivity index (χ3n) is 3.69. The monoisotopic (exact) mass is 303 g/mol. The lowest BCUT2D eigenvalue weighted by Crippen LogP contribution is -2.38. The number of fused-ring (bicyclic) bond motifs is 1. The number of aromatic nitrogens is 2. The lowest BCUT2D eigenvalue weighted by atomic mass is 10.1. The predicted molar refractivity (Wildman–Crippen MR) is 84.6 cm³/mol. The average Bonchev–Trinajstić information content (AvgIpc) is 2.51. The number of thioether (sulfide) groups is 1. The normalized spacial score (nSPS) is 16.0. The summed E-state index contributed by atoms with van der Waals surface area (Å²) in [5.41, 5.74) is 0.395. The smallest absolute Gasteiger partial charge is 0.272 e. The number of nitrogens with one attached hydrogen (secondary N) is 2. The summed E-state index contributed by atoms with van der Waals surface area (Å²) in [5.74, 6) is 2.17. The van der Waals surface area contributed by atoms with Gasteiger partial charge < -0.3 is 5.32 Å². The van der Waals surface area contributed by atoms with Crippen LogP contribution >= 0.6 is 11.8 Å². The summed E-state index contributed by atoms with van der Waals surface area (Å²) in [7, 11) is 0. The largest absolute Gasteiger partial charge is 0.353 e. The van der Waals surface area contributed by atoms with Gasteiger partial charge in [0.25, 0.3) is 5.56 Å². The Morgan fingerprint density at radius 1 is 1.29 bits per heavy atom. The fourth-order valence-electron chi connectivity index (χ4n) is 2.58. The van der Waals surface area contributed by atoms with E-state index in [1.165, 1.54) is 0 Å². The fourth-order valence-corrected chi connectivity index (χ4v) is 3.69. The molecular formula is C15H17N3O2S. The van der Waals surface area contributed by atoms with Crippen LogP contribution in [0.15, 0.2) is 29.1 Å². The molecule has 1 amide bonds. The lowest BCUT2D eigenvalue weighted by molar-refractivity contribution is -0.121. The van der Waals surface area contributed by atoms with Crippen LogP contribution in [0.3, 0.4) is 0 Å². The van der Waals surface area contributed by atoms with Crippen LogP contribution in [0.25, 0.3) is 10.8 Å². The van der Waals surface area contributed by atoms with Gasteiger partial charge in [-0.15, -0.1) is 0 Å². The molecule has 0 spiro atoms. The number of nitrogens with zero attached hydrogens (tertiary/aromatic N) is 1. The van der Waals surface area contributed by atoms with Gasteiger partial charge in [0.2, 0.25) is 5.91 Å². The standard InChI is InChI=1S/C15H17N3O2S/c19-14(16-10-5-7-21-8-6-10)9-13-11-3-1-2-4-12(11)15(20)18-17-13/h1-4,10H,5-9H2,(H,16,19)(H,18,20). The highest BCUT2D eigenvalue weighted by Crippen LogP contribution is 2.17. The zero-order chi connectivity index (χ0) is 14.7. The maximum absolute atomic E-state index is 12.2. The van der Waals surface area contributed by atoms with Crippen LogP contribution in [0, 0.1) is 0 Å². The lowest BCUT2D eigenvalue weighted by Gasteiger charge is -2.22. The number of aromatic amines is 1. The Balaban J connectivity index is 1.77. The van der Waals surface area contributed by atoms with Crippen LogP contribution in [0.2, 0.25) is 0 Å². The summed E-state index contributed by atoms with van der Waals surface area (Å²) >= 11 is 1.93. The molecule has 0 saturated carbocycles. The van der Waals surface area contributed by atoms with Crippen molar-refractivity contribution in [3.8, 4) is 0 Å². The number of amides is 1. The van der Waals surface area contributed by atoms with Crippen molar-refractivity contribution in [3.05, 3.63) is 40.3 Å². The molecule has 1 aromatic heterocycles. The highest BCUT2D eigenvalue weighted by atomic mass is 32.2. The van der Waals surface area contributed by atoms with E-state index in [0.29, 0.717) is 11.1 Å². The number of carbonyl (C=O) groups is 1. The molecule has 1 fully saturated rings. The molecule has 1 aromatic carbocycles. The van der Waals surface area contributed by atoms with Gasteiger partial charge in [0.15, 0.2) is 0 Å². The topological polar surface area (TPSA) is 74.8 Å². The summed E-state index contributed by atoms with van der Waals surface area (Å²) in [4.78, 5) is 23.9. The van der Waals surface area contributed by atoms with Crippen molar-refractivity contribution in [2.45, 2.75) is 25.3 Å². The molecule has 6 heteroatoms. The van der Waals surface area contributed by atoms with Gasteiger partial charge >= 0.3 is 0 Å². The van der Waals surface area contributed by atoms with Gasteiger partial charge in [-0.05, 0) is 30.4 Å². The van der Waals surface area contributed by atoms with Gasteiger partial charge in [0.05, 0.1) is 17.5 Å². The minimum Gasteiger partial charge on any atom is -0.353 e. The van der Waals surface area contributed by atoms with Crippen molar-refractivity contribution < 1.29 is 4.79 Å². The molecule has 2 heterocycles. The second-order valence-corrected chi connectivity index (χ2v) is 6.40. The first-order chi connectivity index (χ1) is 10.2. The zero-order valence-corrected chi connectivity index (χ0v) is 12.4. The summed E-state index contributed by atoms with van der Waals surface area (Å²) in [6, 6.07) is 7.50. The number of hydrogen-bond acceptors (Lipinski definition) is 4. The second-order valence-electron chi connectivity index (χ2n) is 5.18. The molecule has 0 radical (unpaired) electrons. The van der Waals surface area contributed by atoms with Crippen molar-refractivity contribution in [1.29, 1.82) is 0 Å². The number of hydrogen-bond donors (Lipinski definition) is 2. The highest BCUT2D eigenvalue weighted by molar-refractivity contribution is 7.99. The minimum atomic E-state index is -0.223. The van der Waals surface area contributed by atoms with E-state index in [2.05, 4.69) is 15.5 Å². The molecule has 0 aliphatic carbocycles. The van der Waals surface area contributed by atoms with E-state index in [9.17, 15) is 9.59 Å². The molecule has 1 aliphatic rings. The molecule has 0 atom stereocenters. The molecular weight excluding hydrogens is 286 g/mol. The SMILES string of the molecule is O=C(Cc1n[nH]c(=O)c2ccccc12)NC1CCSCC1. The highest BCUT2D eigenvalue weighted by Gasteiger charge is 2.17. The van der Waals surface area contributed by atoms with Crippen molar-refractivity contribution in [1.82, 2.24) is 15.5 Å². The Bertz CT molecular complexity index is 707. The van der Waals surface area contributed by atoms with E-state index in [1.807, 2.05) is 23.9 Å². The number of rotatable bonds is 3. The summed E-state index contributed by atoms with van der Waals surface area (Å²) in [5, 5.41) is 10.9. The van der Waals surface area contributed by atoms with Gasteiger partial charge in [0, 0.05) is 11.4 Å². The molecule has 21 heavy (non-hydrogen) atoms. The molecule has 1 aliphatic heterocycles. The maximum atomic E-state index is 12.2. The van der Waals surface area contributed by atoms with E-state index in [-0.39, 0.29) is 23.9 Å². The van der Waals surface area contributed by atoms with Crippen molar-refractivity contribution in [3.63, 3.8) is 0 Å². The van der Waals surface area contributed by atoms with E-state index in [1.54, 1.807) is 12.1 Å². The Labute approximate surface area is 126 Å². The summed E-state index contributed by atoms with van der Waals surface area (Å²) in [6.07, 6.45) is 2.24. The number of carbonyl (C=O) groups excluding carboxylic acids is 1. The third kappa shape index (κ3) is 3.26. The van der Waals surface area contributed by atoms with E-state index in [4.69, 9.17) is 0 Å². The quantitative estimate of drug-likeness (QED) is 0.900. The van der Waals surface area contributed by atoms with E-state index >= 15 is 0 Å². The second kappa shape index (κ2) is 6.30. The Morgan fingerprint density at radius 3 is 2.76 bits per heavy atom. The first kappa shape index (κ1) is 14.1. The predicted octanol–water partition coefficient (Wildman–Crippen LogP) is 1.48. The third-order valence-corrected chi connectivity index (χ3v) is 4.74. The Morgan fingerprint density at radius 2 is 2.00 bits per heavy atom. The van der Waals surface area contributed by atoms with Crippen LogP contribution in [-0.4, -0.2) is 33.7 Å². The van der Waals surface area contributed by atoms with Crippen molar-refractivity contribution >= 4 is 28.4 Å². The van der Waals surface area contributed by atoms with Crippen LogP contribution in [-0.2, 0) is 11.2 Å². The van der Waals surface area contributed by atoms with Crippen LogP contribution < -0.4 is 10.9 Å². The van der Waals surface area contributed by atoms with E-state index < -0.39 is 0 Å². The minimum absolute atomic E-state index is 0.0309. The van der Waals surface area contributed by atoms with Crippen LogP contribution in [0.5, 0.6) is 0 Å². The van der Waals surface area contributed by atoms with E-state index in [0.717, 1.165) is 29.7 Å². The molecule has 5 nitrogen and oxygen atoms in total. The molecule has 110 valence electrons. The summed E-state index contributed by atoms with van der Waals surface area (Å²) < 4.78 is 0. The molecule has 2 aromatic rings.